The molecule has 1 aromatic carbocycles. The Labute approximate surface area is 170 Å². The van der Waals surface area contributed by atoms with Crippen molar-refractivity contribution in [1.29, 1.82) is 0 Å². The number of nitrogens with zero attached hydrogens (tertiary/aromatic N) is 2. The van der Waals surface area contributed by atoms with Gasteiger partial charge in [-0.05, 0) is 19.1 Å². The Kier molecular flexibility index (Phi) is 5.90. The van der Waals surface area contributed by atoms with Crippen molar-refractivity contribution in [3.8, 4) is 0 Å². The highest BCUT2D eigenvalue weighted by Gasteiger charge is 2.33. The summed E-state index contributed by atoms with van der Waals surface area (Å²) in [5.74, 6) is -1.75. The monoisotopic (exact) mass is 445 g/mol. The number of rotatable bonds is 2. The van der Waals surface area contributed by atoms with Crippen LogP contribution in [0.15, 0.2) is 22.0 Å². The number of pyridine rings is 1. The molecule has 0 unspecified atom stereocenters. The standard InChI is InChI=1S/C16H16FN3O3S.CH4O3S/c1-8-20-11-7-12(19-4-2-18-3-5-19)10(17)6-9(11)14(21)13(16(22)23)15(20)24-8;1-5(2,3)4/h6-8,18H,2-5H2,1H3,(H,22,23);1H3,(H,2,3,4)/t8-;/m1./s1. The SMILES string of the molecule is CS(=O)(=O)O.C[C@H]1Sc2c(C(=O)O)c(=O)c3cc(F)c(N4CCNCC4)cc3n21. The van der Waals surface area contributed by atoms with E-state index in [1.54, 1.807) is 6.07 Å². The maximum Gasteiger partial charge on any atom is 0.342 e. The highest BCUT2D eigenvalue weighted by atomic mass is 32.2. The summed E-state index contributed by atoms with van der Waals surface area (Å²) >= 11 is 1.35. The summed E-state index contributed by atoms with van der Waals surface area (Å²) in [4.78, 5) is 25.9. The van der Waals surface area contributed by atoms with Gasteiger partial charge in [0, 0.05) is 31.6 Å². The third kappa shape index (κ3) is 4.39. The van der Waals surface area contributed by atoms with Gasteiger partial charge in [0.25, 0.3) is 10.1 Å². The van der Waals surface area contributed by atoms with Gasteiger partial charge in [-0.1, -0.05) is 11.8 Å². The van der Waals surface area contributed by atoms with Crippen molar-refractivity contribution in [1.82, 2.24) is 9.88 Å². The van der Waals surface area contributed by atoms with Gasteiger partial charge in [-0.2, -0.15) is 8.42 Å². The third-order valence-corrected chi connectivity index (χ3v) is 5.72. The van der Waals surface area contributed by atoms with E-state index in [9.17, 15) is 27.5 Å². The number of piperazine rings is 1. The predicted molar refractivity (Wildman–Crippen MR) is 108 cm³/mol. The molecule has 2 aliphatic heterocycles. The Morgan fingerprint density at radius 2 is 1.90 bits per heavy atom. The van der Waals surface area contributed by atoms with Crippen LogP contribution in [-0.4, -0.2) is 61.0 Å². The van der Waals surface area contributed by atoms with Gasteiger partial charge < -0.3 is 19.9 Å². The van der Waals surface area contributed by atoms with Crippen molar-refractivity contribution in [2.45, 2.75) is 17.3 Å². The lowest BCUT2D eigenvalue weighted by Crippen LogP contribution is -2.44. The van der Waals surface area contributed by atoms with Gasteiger partial charge in [-0.3, -0.25) is 9.35 Å². The van der Waals surface area contributed by atoms with Crippen LogP contribution in [0.4, 0.5) is 10.1 Å². The molecule has 0 amide bonds. The summed E-state index contributed by atoms with van der Waals surface area (Å²) in [5, 5.41) is 13.2. The zero-order valence-corrected chi connectivity index (χ0v) is 17.3. The lowest BCUT2D eigenvalue weighted by molar-refractivity contribution is 0.0689. The number of hydrogen-bond donors (Lipinski definition) is 3. The molecule has 1 atom stereocenters. The Hall–Kier alpha value is -2.15. The van der Waals surface area contributed by atoms with E-state index >= 15 is 0 Å². The van der Waals surface area contributed by atoms with E-state index in [2.05, 4.69) is 5.32 Å². The second-order valence-corrected chi connectivity index (χ2v) is 9.46. The lowest BCUT2D eigenvalue weighted by atomic mass is 10.1. The molecule has 2 aromatic rings. The van der Waals surface area contributed by atoms with E-state index in [0.717, 1.165) is 13.1 Å². The Morgan fingerprint density at radius 3 is 2.41 bits per heavy atom. The molecule has 9 nitrogen and oxygen atoms in total. The smallest absolute Gasteiger partial charge is 0.342 e. The number of carboxylic acid groups (broad SMARTS) is 1. The zero-order valence-electron chi connectivity index (χ0n) is 15.7. The normalized spacial score (nSPS) is 18.5. The first kappa shape index (κ1) is 21.6. The fourth-order valence-electron chi connectivity index (χ4n) is 3.37. The van der Waals surface area contributed by atoms with Crippen molar-refractivity contribution in [3.05, 3.63) is 33.7 Å². The minimum Gasteiger partial charge on any atom is -0.477 e. The topological polar surface area (TPSA) is 129 Å². The van der Waals surface area contributed by atoms with Crippen LogP contribution in [0.25, 0.3) is 10.9 Å². The lowest BCUT2D eigenvalue weighted by Gasteiger charge is -2.34. The summed E-state index contributed by atoms with van der Waals surface area (Å²) in [5.41, 5.74) is 0.181. The van der Waals surface area contributed by atoms with Crippen molar-refractivity contribution in [2.24, 2.45) is 0 Å². The number of benzene rings is 1. The maximum absolute atomic E-state index is 14.6. The average molecular weight is 445 g/mol. The summed E-state index contributed by atoms with van der Waals surface area (Å²) in [6, 6.07) is 2.87. The van der Waals surface area contributed by atoms with E-state index in [0.29, 0.717) is 35.6 Å². The van der Waals surface area contributed by atoms with Crippen LogP contribution in [-0.2, 0) is 10.1 Å². The number of thioether (sulfide) groups is 1. The molecule has 0 radical (unpaired) electrons. The fraction of sp³-hybridized carbons (Fsp3) is 0.412. The average Bonchev–Trinajstić information content (AvgIpc) is 2.60. The van der Waals surface area contributed by atoms with Crippen molar-refractivity contribution in [3.63, 3.8) is 0 Å². The van der Waals surface area contributed by atoms with Crippen molar-refractivity contribution in [2.75, 3.05) is 37.3 Å². The minimum absolute atomic E-state index is 0.0162. The molecular weight excluding hydrogens is 425 g/mol. The van der Waals surface area contributed by atoms with Crippen LogP contribution in [0.2, 0.25) is 0 Å². The largest absolute Gasteiger partial charge is 0.477 e. The molecule has 0 aliphatic carbocycles. The summed E-state index contributed by atoms with van der Waals surface area (Å²) in [6.45, 7) is 4.87. The quantitative estimate of drug-likeness (QED) is 0.587. The molecule has 2 aliphatic rings. The molecule has 4 rings (SSSR count). The second kappa shape index (κ2) is 7.94. The third-order valence-electron chi connectivity index (χ3n) is 4.55. The van der Waals surface area contributed by atoms with Gasteiger partial charge in [-0.15, -0.1) is 0 Å². The van der Waals surface area contributed by atoms with Gasteiger partial charge in [0.2, 0.25) is 5.43 Å². The van der Waals surface area contributed by atoms with Crippen LogP contribution in [0.1, 0.15) is 22.7 Å². The molecule has 1 saturated heterocycles. The second-order valence-electron chi connectivity index (χ2n) is 6.69. The van der Waals surface area contributed by atoms with E-state index in [-0.39, 0.29) is 16.3 Å². The Balaban J connectivity index is 0.000000431. The molecule has 1 fully saturated rings. The first-order valence-corrected chi connectivity index (χ1v) is 11.4. The predicted octanol–water partition coefficient (Wildman–Crippen LogP) is 1.38. The van der Waals surface area contributed by atoms with Crippen molar-refractivity contribution < 1.29 is 27.3 Å². The number of hydrogen-bond acceptors (Lipinski definition) is 7. The molecular formula is C17H20FN3O6S2. The molecule has 3 heterocycles. The number of anilines is 1. The minimum atomic E-state index is -3.67. The van der Waals surface area contributed by atoms with Gasteiger partial charge >= 0.3 is 5.97 Å². The van der Waals surface area contributed by atoms with E-state index < -0.39 is 27.3 Å². The van der Waals surface area contributed by atoms with Gasteiger partial charge in [0.05, 0.1) is 27.9 Å². The van der Waals surface area contributed by atoms with Crippen LogP contribution in [0.5, 0.6) is 0 Å². The molecule has 3 N–H and O–H groups in total. The van der Waals surface area contributed by atoms with Crippen LogP contribution < -0.4 is 15.6 Å². The van der Waals surface area contributed by atoms with Crippen LogP contribution >= 0.6 is 11.8 Å². The number of carboxylic acids is 1. The molecule has 12 heteroatoms. The van der Waals surface area contributed by atoms with E-state index in [4.69, 9.17) is 4.55 Å². The number of carbonyl (C=O) groups is 1. The van der Waals surface area contributed by atoms with E-state index in [1.165, 1.54) is 17.8 Å². The number of fused-ring (bicyclic) bond motifs is 3. The maximum atomic E-state index is 14.6. The van der Waals surface area contributed by atoms with Crippen LogP contribution in [0.3, 0.4) is 0 Å². The van der Waals surface area contributed by atoms with Gasteiger partial charge in [-0.25, -0.2) is 9.18 Å². The first-order valence-electron chi connectivity index (χ1n) is 8.69. The molecule has 29 heavy (non-hydrogen) atoms. The van der Waals surface area contributed by atoms with Gasteiger partial charge in [0.1, 0.15) is 11.4 Å². The molecule has 1 aromatic heterocycles. The van der Waals surface area contributed by atoms with E-state index in [1.807, 2.05) is 16.4 Å². The Bertz CT molecular complexity index is 1130. The van der Waals surface area contributed by atoms with Crippen LogP contribution in [0, 0.1) is 5.82 Å². The fourth-order valence-corrected chi connectivity index (χ4v) is 4.53. The highest BCUT2D eigenvalue weighted by Crippen LogP contribution is 2.46. The molecule has 0 spiro atoms. The number of aromatic carboxylic acids is 1. The number of aromatic nitrogens is 1. The van der Waals surface area contributed by atoms with Crippen molar-refractivity contribution >= 4 is 44.4 Å². The summed E-state index contributed by atoms with van der Waals surface area (Å²) < 4.78 is 42.3. The molecule has 0 bridgehead atoms. The summed E-state index contributed by atoms with van der Waals surface area (Å²) in [6.07, 6.45) is 0.715. The molecule has 0 saturated carbocycles. The highest BCUT2D eigenvalue weighted by molar-refractivity contribution is 8.00. The summed E-state index contributed by atoms with van der Waals surface area (Å²) in [7, 11) is -3.67. The Morgan fingerprint density at radius 1 is 1.31 bits per heavy atom. The number of nitrogens with one attached hydrogen (secondary N) is 1. The van der Waals surface area contributed by atoms with Gasteiger partial charge in [0.15, 0.2) is 0 Å². The molecule has 158 valence electrons. The zero-order chi connectivity index (χ0) is 21.5. The number of halogens is 1. The first-order chi connectivity index (χ1) is 13.5.